The van der Waals surface area contributed by atoms with Crippen molar-refractivity contribution >= 4 is 10.0 Å². The van der Waals surface area contributed by atoms with Gasteiger partial charge in [0.25, 0.3) is 0 Å². The van der Waals surface area contributed by atoms with Gasteiger partial charge >= 0.3 is 0 Å². The highest BCUT2D eigenvalue weighted by molar-refractivity contribution is 7.89. The maximum absolute atomic E-state index is 10.9. The lowest BCUT2D eigenvalue weighted by Crippen LogP contribution is -2.18. The second-order valence-electron chi connectivity index (χ2n) is 5.05. The predicted molar refractivity (Wildman–Crippen MR) is 79.6 cm³/mol. The SMILES string of the molecule is COc1cc(C)ccc1OCCC(C)CCS(N)(=O)=O. The van der Waals surface area contributed by atoms with Crippen LogP contribution in [0.5, 0.6) is 11.5 Å². The monoisotopic (exact) mass is 301 g/mol. The molecule has 0 spiro atoms. The van der Waals surface area contributed by atoms with Gasteiger partial charge in [0, 0.05) is 0 Å². The summed E-state index contributed by atoms with van der Waals surface area (Å²) in [6.07, 6.45) is 1.32. The first-order valence-corrected chi connectivity index (χ1v) is 8.31. The van der Waals surface area contributed by atoms with Gasteiger partial charge < -0.3 is 9.47 Å². The number of ether oxygens (including phenoxy) is 2. The van der Waals surface area contributed by atoms with Gasteiger partial charge in [-0.3, -0.25) is 0 Å². The fourth-order valence-electron chi connectivity index (χ4n) is 1.77. The van der Waals surface area contributed by atoms with Gasteiger partial charge in [0.1, 0.15) is 0 Å². The number of rotatable bonds is 8. The fourth-order valence-corrected chi connectivity index (χ4v) is 2.50. The van der Waals surface area contributed by atoms with E-state index in [0.29, 0.717) is 24.5 Å². The number of hydrogen-bond donors (Lipinski definition) is 1. The summed E-state index contributed by atoms with van der Waals surface area (Å²) in [5, 5.41) is 4.98. The van der Waals surface area contributed by atoms with E-state index >= 15 is 0 Å². The van der Waals surface area contributed by atoms with Crippen LogP contribution in [0.15, 0.2) is 18.2 Å². The van der Waals surface area contributed by atoms with Crippen molar-refractivity contribution < 1.29 is 17.9 Å². The van der Waals surface area contributed by atoms with Crippen molar-refractivity contribution in [2.75, 3.05) is 19.5 Å². The van der Waals surface area contributed by atoms with E-state index in [1.165, 1.54) is 0 Å². The maximum Gasteiger partial charge on any atom is 0.209 e. The van der Waals surface area contributed by atoms with Gasteiger partial charge in [-0.25, -0.2) is 13.6 Å². The number of nitrogens with two attached hydrogens (primary N) is 1. The molecule has 5 nitrogen and oxygen atoms in total. The second kappa shape index (κ2) is 7.50. The topological polar surface area (TPSA) is 78.6 Å². The van der Waals surface area contributed by atoms with Crippen LogP contribution in [-0.4, -0.2) is 27.9 Å². The molecule has 1 atom stereocenters. The van der Waals surface area contributed by atoms with E-state index in [0.717, 1.165) is 12.0 Å². The maximum atomic E-state index is 10.9. The molecule has 2 N–H and O–H groups in total. The Morgan fingerprint density at radius 1 is 1.25 bits per heavy atom. The van der Waals surface area contributed by atoms with Gasteiger partial charge in [0.05, 0.1) is 19.5 Å². The molecule has 0 bridgehead atoms. The summed E-state index contributed by atoms with van der Waals surface area (Å²) in [4.78, 5) is 0. The Kier molecular flexibility index (Phi) is 6.29. The highest BCUT2D eigenvalue weighted by atomic mass is 32.2. The van der Waals surface area contributed by atoms with Crippen LogP contribution in [0.4, 0.5) is 0 Å². The van der Waals surface area contributed by atoms with Crippen LogP contribution < -0.4 is 14.6 Å². The van der Waals surface area contributed by atoms with Crippen LogP contribution in [0.3, 0.4) is 0 Å². The minimum atomic E-state index is -3.37. The number of aryl methyl sites for hydroxylation is 1. The molecule has 0 amide bonds. The molecule has 0 radical (unpaired) electrons. The molecule has 1 aromatic rings. The molecule has 1 aromatic carbocycles. The first-order valence-electron chi connectivity index (χ1n) is 6.59. The predicted octanol–water partition coefficient (Wildman–Crippen LogP) is 2.09. The molecule has 6 heteroatoms. The van der Waals surface area contributed by atoms with Crippen molar-refractivity contribution in [3.05, 3.63) is 23.8 Å². The Morgan fingerprint density at radius 3 is 2.55 bits per heavy atom. The third-order valence-corrected chi connectivity index (χ3v) is 3.89. The Hall–Kier alpha value is -1.27. The number of benzene rings is 1. The quantitative estimate of drug-likeness (QED) is 0.797. The molecule has 0 fully saturated rings. The average molecular weight is 301 g/mol. The molecular formula is C14H23NO4S. The van der Waals surface area contributed by atoms with E-state index in [-0.39, 0.29) is 11.7 Å². The van der Waals surface area contributed by atoms with Crippen molar-refractivity contribution in [3.8, 4) is 11.5 Å². The lowest BCUT2D eigenvalue weighted by atomic mass is 10.1. The molecule has 0 aliphatic carbocycles. The molecular weight excluding hydrogens is 278 g/mol. The zero-order valence-electron chi connectivity index (χ0n) is 12.3. The first-order chi connectivity index (χ1) is 9.31. The zero-order valence-corrected chi connectivity index (χ0v) is 13.1. The Morgan fingerprint density at radius 2 is 1.95 bits per heavy atom. The molecule has 0 heterocycles. The molecule has 20 heavy (non-hydrogen) atoms. The third-order valence-electron chi connectivity index (χ3n) is 3.08. The van der Waals surface area contributed by atoms with Gasteiger partial charge in [-0.1, -0.05) is 13.0 Å². The summed E-state index contributed by atoms with van der Waals surface area (Å²) in [7, 11) is -1.77. The Labute approximate surface area is 121 Å². The average Bonchev–Trinajstić information content (AvgIpc) is 2.37. The summed E-state index contributed by atoms with van der Waals surface area (Å²) >= 11 is 0. The van der Waals surface area contributed by atoms with Crippen molar-refractivity contribution in [1.29, 1.82) is 0 Å². The number of methoxy groups -OCH3 is 1. The van der Waals surface area contributed by atoms with Crippen LogP contribution >= 0.6 is 0 Å². The minimum absolute atomic E-state index is 0.0159. The zero-order chi connectivity index (χ0) is 15.2. The number of primary sulfonamides is 1. The first kappa shape index (κ1) is 16.8. The van der Waals surface area contributed by atoms with Crippen LogP contribution in [0.25, 0.3) is 0 Å². The van der Waals surface area contributed by atoms with E-state index in [4.69, 9.17) is 14.6 Å². The van der Waals surface area contributed by atoms with Gasteiger partial charge in [-0.2, -0.15) is 0 Å². The summed E-state index contributed by atoms with van der Waals surface area (Å²) in [6.45, 7) is 4.49. The Bertz CT molecular complexity index is 528. The van der Waals surface area contributed by atoms with E-state index in [1.807, 2.05) is 32.0 Å². The lowest BCUT2D eigenvalue weighted by Gasteiger charge is -2.14. The van der Waals surface area contributed by atoms with Crippen LogP contribution in [0.2, 0.25) is 0 Å². The molecule has 0 aliphatic heterocycles. The van der Waals surface area contributed by atoms with E-state index in [1.54, 1.807) is 7.11 Å². The summed E-state index contributed by atoms with van der Waals surface area (Å²) in [5.74, 6) is 1.67. The standard InChI is InChI=1S/C14H23NO4S/c1-11(7-9-20(15,16)17)6-8-19-13-5-4-12(2)10-14(13)18-3/h4-5,10-11H,6-9H2,1-3H3,(H2,15,16,17). The number of hydrogen-bond acceptors (Lipinski definition) is 4. The molecule has 0 aliphatic rings. The van der Waals surface area contributed by atoms with Gasteiger partial charge in [-0.15, -0.1) is 0 Å². The molecule has 114 valence electrons. The van der Waals surface area contributed by atoms with Crippen LogP contribution in [0, 0.1) is 12.8 Å². The van der Waals surface area contributed by atoms with E-state index in [2.05, 4.69) is 0 Å². The van der Waals surface area contributed by atoms with Crippen LogP contribution in [-0.2, 0) is 10.0 Å². The largest absolute Gasteiger partial charge is 0.493 e. The van der Waals surface area contributed by atoms with E-state index < -0.39 is 10.0 Å². The van der Waals surface area contributed by atoms with Crippen molar-refractivity contribution in [3.63, 3.8) is 0 Å². The van der Waals surface area contributed by atoms with Gasteiger partial charge in [0.15, 0.2) is 11.5 Å². The van der Waals surface area contributed by atoms with Gasteiger partial charge in [0.2, 0.25) is 10.0 Å². The third kappa shape index (κ3) is 6.25. The molecule has 1 rings (SSSR count). The molecule has 0 saturated heterocycles. The van der Waals surface area contributed by atoms with Crippen molar-refractivity contribution in [2.24, 2.45) is 11.1 Å². The van der Waals surface area contributed by atoms with Crippen LogP contribution in [0.1, 0.15) is 25.3 Å². The summed E-state index contributed by atoms with van der Waals surface area (Å²) in [6, 6.07) is 5.76. The minimum Gasteiger partial charge on any atom is -0.493 e. The number of sulfonamides is 1. The fraction of sp³-hybridized carbons (Fsp3) is 0.571. The summed E-state index contributed by atoms with van der Waals surface area (Å²) < 4.78 is 32.7. The van der Waals surface area contributed by atoms with Crippen molar-refractivity contribution in [1.82, 2.24) is 0 Å². The molecule has 0 saturated carbocycles. The molecule has 1 unspecified atom stereocenters. The molecule has 0 aromatic heterocycles. The van der Waals surface area contributed by atoms with Gasteiger partial charge in [-0.05, 0) is 43.4 Å². The summed E-state index contributed by atoms with van der Waals surface area (Å²) in [5.41, 5.74) is 1.11. The van der Waals surface area contributed by atoms with Crippen molar-refractivity contribution in [2.45, 2.75) is 26.7 Å². The smallest absolute Gasteiger partial charge is 0.209 e. The highest BCUT2D eigenvalue weighted by Crippen LogP contribution is 2.28. The Balaban J connectivity index is 2.41. The highest BCUT2D eigenvalue weighted by Gasteiger charge is 2.09. The second-order valence-corrected chi connectivity index (χ2v) is 6.79. The lowest BCUT2D eigenvalue weighted by molar-refractivity contribution is 0.267. The van der Waals surface area contributed by atoms with E-state index in [9.17, 15) is 8.42 Å². The normalized spacial score (nSPS) is 13.0.